The van der Waals surface area contributed by atoms with Crippen LogP contribution in [0, 0.1) is 0 Å². The fourth-order valence-electron chi connectivity index (χ4n) is 1.59. The van der Waals surface area contributed by atoms with Gasteiger partial charge in [-0.15, -0.1) is 0 Å². The van der Waals surface area contributed by atoms with E-state index in [-0.39, 0.29) is 14.9 Å². The van der Waals surface area contributed by atoms with Gasteiger partial charge in [0.2, 0.25) is 0 Å². The fraction of sp³-hybridized carbons (Fsp3) is 0.0833. The normalized spacial score (nSPS) is 11.4. The Morgan fingerprint density at radius 2 is 1.85 bits per heavy atom. The molecule has 0 atom stereocenters. The van der Waals surface area contributed by atoms with Crippen LogP contribution in [0.1, 0.15) is 0 Å². The summed E-state index contributed by atoms with van der Waals surface area (Å²) < 4.78 is 26.9. The first kappa shape index (κ1) is 15.6. The minimum Gasteiger partial charge on any atom is -0.268 e. The van der Waals surface area contributed by atoms with E-state index < -0.39 is 10.0 Å². The van der Waals surface area contributed by atoms with E-state index in [1.807, 2.05) is 0 Å². The number of rotatable bonds is 3. The molecule has 0 saturated carbocycles. The molecule has 2 rings (SSSR count). The fourth-order valence-corrected chi connectivity index (χ4v) is 4.65. The molecule has 0 radical (unpaired) electrons. The van der Waals surface area contributed by atoms with Crippen LogP contribution < -0.4 is 4.31 Å². The monoisotopic (exact) mass is 394 g/mol. The summed E-state index contributed by atoms with van der Waals surface area (Å²) in [5.41, 5.74) is 0.419. The number of nitrogens with zero attached hydrogens (tertiary/aromatic N) is 2. The molecular weight excluding hydrogens is 387 g/mol. The lowest BCUT2D eigenvalue weighted by Gasteiger charge is -2.20. The van der Waals surface area contributed by atoms with E-state index in [1.165, 1.54) is 25.4 Å². The summed E-state index contributed by atoms with van der Waals surface area (Å²) in [7, 11) is -2.44. The second kappa shape index (κ2) is 5.89. The number of anilines is 1. The maximum Gasteiger partial charge on any atom is 0.267 e. The summed E-state index contributed by atoms with van der Waals surface area (Å²) in [5, 5.41) is 0.111. The maximum absolute atomic E-state index is 12.6. The highest BCUT2D eigenvalue weighted by Crippen LogP contribution is 2.35. The number of pyridine rings is 1. The van der Waals surface area contributed by atoms with Gasteiger partial charge in [-0.3, -0.25) is 9.29 Å². The molecule has 1 heterocycles. The van der Waals surface area contributed by atoms with Gasteiger partial charge in [-0.2, -0.15) is 0 Å². The molecule has 0 fully saturated rings. The summed E-state index contributed by atoms with van der Waals surface area (Å²) in [4.78, 5) is 3.76. The zero-order valence-electron chi connectivity index (χ0n) is 10.2. The molecule has 1 aromatic carbocycles. The smallest absolute Gasteiger partial charge is 0.267 e. The Labute approximate surface area is 135 Å². The molecule has 1 aromatic heterocycles. The predicted molar refractivity (Wildman–Crippen MR) is 84.0 cm³/mol. The molecule has 106 valence electrons. The molecule has 4 nitrogen and oxygen atoms in total. The average Bonchev–Trinajstić information content (AvgIpc) is 2.37. The van der Waals surface area contributed by atoms with Crippen LogP contribution in [0.5, 0.6) is 0 Å². The van der Waals surface area contributed by atoms with Crippen LogP contribution in [0.3, 0.4) is 0 Å². The van der Waals surface area contributed by atoms with Crippen molar-refractivity contribution in [2.24, 2.45) is 0 Å². The average molecular weight is 396 g/mol. The van der Waals surface area contributed by atoms with Gasteiger partial charge in [0.05, 0.1) is 21.9 Å². The largest absolute Gasteiger partial charge is 0.268 e. The van der Waals surface area contributed by atoms with Crippen LogP contribution in [-0.2, 0) is 10.0 Å². The van der Waals surface area contributed by atoms with E-state index in [2.05, 4.69) is 20.9 Å². The van der Waals surface area contributed by atoms with E-state index in [9.17, 15) is 8.42 Å². The van der Waals surface area contributed by atoms with E-state index >= 15 is 0 Å². The molecule has 8 heteroatoms. The van der Waals surface area contributed by atoms with Crippen molar-refractivity contribution in [2.45, 2.75) is 4.90 Å². The third kappa shape index (κ3) is 2.93. The molecule has 0 amide bonds. The van der Waals surface area contributed by atoms with Crippen molar-refractivity contribution in [3.05, 3.63) is 51.2 Å². The maximum atomic E-state index is 12.6. The predicted octanol–water partition coefficient (Wildman–Crippen LogP) is 3.98. The lowest BCUT2D eigenvalue weighted by atomic mass is 10.4. The first-order valence-corrected chi connectivity index (χ1v) is 8.36. The Balaban J connectivity index is 2.57. The van der Waals surface area contributed by atoms with Crippen LogP contribution in [0.2, 0.25) is 10.0 Å². The van der Waals surface area contributed by atoms with Gasteiger partial charge in [-0.25, -0.2) is 8.42 Å². The molecule has 0 saturated heterocycles. The van der Waals surface area contributed by atoms with Crippen molar-refractivity contribution in [3.8, 4) is 0 Å². The number of hydrogen-bond acceptors (Lipinski definition) is 3. The minimum absolute atomic E-state index is 0.0557. The molecular formula is C12H9BrCl2N2O2S. The zero-order valence-corrected chi connectivity index (χ0v) is 14.1. The first-order valence-electron chi connectivity index (χ1n) is 5.37. The van der Waals surface area contributed by atoms with Gasteiger partial charge >= 0.3 is 0 Å². The lowest BCUT2D eigenvalue weighted by Crippen LogP contribution is -2.27. The molecule has 0 aliphatic heterocycles. The zero-order chi connectivity index (χ0) is 14.9. The summed E-state index contributed by atoms with van der Waals surface area (Å²) >= 11 is 15.2. The Bertz CT molecular complexity index is 715. The summed E-state index contributed by atoms with van der Waals surface area (Å²) in [6.45, 7) is 0. The van der Waals surface area contributed by atoms with Gasteiger partial charge in [-0.05, 0) is 24.3 Å². The summed E-state index contributed by atoms with van der Waals surface area (Å²) in [6.07, 6.45) is 3.00. The second-order valence-corrected chi connectivity index (χ2v) is 7.52. The SMILES string of the molecule is CN(c1cccnc1)S(=O)(=O)c1c(Cl)cc(Br)cc1Cl. The van der Waals surface area contributed by atoms with Gasteiger partial charge in [-0.1, -0.05) is 39.1 Å². The molecule has 0 N–H and O–H groups in total. The Kier molecular flexibility index (Phi) is 4.59. The standard InChI is InChI=1S/C12H9BrCl2N2O2S/c1-17(9-3-2-4-16-7-9)20(18,19)12-10(14)5-8(13)6-11(12)15/h2-7H,1H3. The number of aromatic nitrogens is 1. The van der Waals surface area contributed by atoms with Crippen molar-refractivity contribution in [1.29, 1.82) is 0 Å². The second-order valence-electron chi connectivity index (χ2n) is 3.88. The molecule has 0 aliphatic rings. The number of benzene rings is 1. The number of hydrogen-bond donors (Lipinski definition) is 0. The highest BCUT2D eigenvalue weighted by molar-refractivity contribution is 9.10. The van der Waals surface area contributed by atoms with Crippen LogP contribution in [-0.4, -0.2) is 20.4 Å². The van der Waals surface area contributed by atoms with E-state index in [1.54, 1.807) is 18.3 Å². The van der Waals surface area contributed by atoms with Crippen molar-refractivity contribution >= 4 is 54.8 Å². The Hall–Kier alpha value is -0.820. The van der Waals surface area contributed by atoms with Gasteiger partial charge in [0, 0.05) is 17.7 Å². The number of halogens is 3. The van der Waals surface area contributed by atoms with Crippen molar-refractivity contribution < 1.29 is 8.42 Å². The summed E-state index contributed by atoms with van der Waals surface area (Å²) in [6, 6.07) is 6.24. The molecule has 0 aliphatic carbocycles. The van der Waals surface area contributed by atoms with E-state index in [0.29, 0.717) is 10.2 Å². The highest BCUT2D eigenvalue weighted by atomic mass is 79.9. The van der Waals surface area contributed by atoms with Crippen LogP contribution in [0.4, 0.5) is 5.69 Å². The van der Waals surface area contributed by atoms with Crippen molar-refractivity contribution in [1.82, 2.24) is 4.98 Å². The minimum atomic E-state index is -3.86. The van der Waals surface area contributed by atoms with Gasteiger partial charge in [0.15, 0.2) is 0 Å². The molecule has 20 heavy (non-hydrogen) atoms. The third-order valence-electron chi connectivity index (χ3n) is 2.59. The van der Waals surface area contributed by atoms with Crippen LogP contribution in [0.25, 0.3) is 0 Å². The molecule has 0 spiro atoms. The molecule has 0 unspecified atom stereocenters. The van der Waals surface area contributed by atoms with Gasteiger partial charge < -0.3 is 0 Å². The Morgan fingerprint density at radius 1 is 1.25 bits per heavy atom. The summed E-state index contributed by atoms with van der Waals surface area (Å²) in [5.74, 6) is 0. The van der Waals surface area contributed by atoms with Crippen LogP contribution in [0.15, 0.2) is 46.0 Å². The van der Waals surface area contributed by atoms with Crippen molar-refractivity contribution in [3.63, 3.8) is 0 Å². The van der Waals surface area contributed by atoms with Gasteiger partial charge in [0.25, 0.3) is 10.0 Å². The molecule has 0 bridgehead atoms. The van der Waals surface area contributed by atoms with E-state index in [4.69, 9.17) is 23.2 Å². The van der Waals surface area contributed by atoms with Crippen molar-refractivity contribution in [2.75, 3.05) is 11.4 Å². The first-order chi connectivity index (χ1) is 9.34. The van der Waals surface area contributed by atoms with Crippen LogP contribution >= 0.6 is 39.1 Å². The lowest BCUT2D eigenvalue weighted by molar-refractivity contribution is 0.594. The topological polar surface area (TPSA) is 50.3 Å². The van der Waals surface area contributed by atoms with E-state index in [0.717, 1.165) is 4.31 Å². The van der Waals surface area contributed by atoms with Gasteiger partial charge in [0.1, 0.15) is 4.90 Å². The Morgan fingerprint density at radius 3 is 2.35 bits per heavy atom. The molecule has 2 aromatic rings. The quantitative estimate of drug-likeness (QED) is 0.789. The number of sulfonamides is 1. The third-order valence-corrected chi connectivity index (χ3v) is 5.76. The highest BCUT2D eigenvalue weighted by Gasteiger charge is 2.27.